The molecule has 2 rings (SSSR count). The Bertz CT molecular complexity index is 786. The predicted molar refractivity (Wildman–Crippen MR) is 94.2 cm³/mol. The van der Waals surface area contributed by atoms with Crippen molar-refractivity contribution in [2.75, 3.05) is 6.61 Å². The molecule has 0 fully saturated rings. The molecule has 0 bridgehead atoms. The van der Waals surface area contributed by atoms with Gasteiger partial charge in [0.1, 0.15) is 5.75 Å². The van der Waals surface area contributed by atoms with Crippen LogP contribution in [0.4, 0.5) is 5.69 Å². The van der Waals surface area contributed by atoms with Crippen LogP contribution in [0, 0.1) is 6.57 Å². The summed E-state index contributed by atoms with van der Waals surface area (Å²) in [4.78, 5) is 26.0. The predicted octanol–water partition coefficient (Wildman–Crippen LogP) is 4.32. The molecule has 2 aromatic carbocycles. The largest absolute Gasteiger partial charge is 0.463 e. The van der Waals surface area contributed by atoms with E-state index in [2.05, 4.69) is 11.4 Å². The zero-order chi connectivity index (χ0) is 18.1. The van der Waals surface area contributed by atoms with Gasteiger partial charge in [0, 0.05) is 12.5 Å². The lowest BCUT2D eigenvalue weighted by molar-refractivity contribution is -0.140. The molecular weight excluding hydrogens is 318 g/mol. The van der Waals surface area contributed by atoms with Crippen molar-refractivity contribution in [3.05, 3.63) is 72.6 Å². The molecule has 0 heterocycles. The topological polar surface area (TPSA) is 57.0 Å². The number of rotatable bonds is 7. The molecule has 5 nitrogen and oxygen atoms in total. The number of benzene rings is 2. The first-order valence-corrected chi connectivity index (χ1v) is 7.70. The highest BCUT2D eigenvalue weighted by Crippen LogP contribution is 2.24. The molecule has 0 aliphatic heterocycles. The number of ether oxygens (including phenoxy) is 2. The Hall–Kier alpha value is -3.39. The summed E-state index contributed by atoms with van der Waals surface area (Å²) in [6, 6.07) is 14.4. The normalized spacial score (nSPS) is 9.72. The van der Waals surface area contributed by atoms with Crippen molar-refractivity contribution in [3.63, 3.8) is 0 Å². The number of carbonyl (C=O) groups is 2. The summed E-state index contributed by atoms with van der Waals surface area (Å²) in [6.07, 6.45) is 1.63. The molecule has 0 amide bonds. The quantitative estimate of drug-likeness (QED) is 0.249. The van der Waals surface area contributed by atoms with Gasteiger partial charge in [-0.2, -0.15) is 0 Å². The molecule has 5 heteroatoms. The van der Waals surface area contributed by atoms with E-state index in [1.165, 1.54) is 0 Å². The maximum Gasteiger partial charge on any atom is 0.330 e. The van der Waals surface area contributed by atoms with Gasteiger partial charge in [0.05, 0.1) is 13.2 Å². The molecule has 0 aliphatic rings. The van der Waals surface area contributed by atoms with Gasteiger partial charge in [0.15, 0.2) is 5.69 Å². The minimum Gasteiger partial charge on any atom is -0.463 e. The fourth-order valence-corrected chi connectivity index (χ4v) is 2.07. The number of hydrogen-bond donors (Lipinski definition) is 0. The molecule has 126 valence electrons. The Labute approximate surface area is 146 Å². The molecule has 25 heavy (non-hydrogen) atoms. The molecule has 0 spiro atoms. The second-order valence-electron chi connectivity index (χ2n) is 5.13. The highest BCUT2D eigenvalue weighted by molar-refractivity contribution is 5.81. The van der Waals surface area contributed by atoms with E-state index in [9.17, 15) is 9.59 Å². The van der Waals surface area contributed by atoms with Crippen LogP contribution in [-0.4, -0.2) is 18.5 Å². The minimum atomic E-state index is -0.506. The number of nitrogens with zero attached hydrogens (tertiary/aromatic N) is 1. The SMILES string of the molecule is [C-]#[N+]c1ccc(-c2ccc(OC(=O)CCCOC(=O)C=C)cc2)cc1. The first kappa shape index (κ1) is 18.0. The van der Waals surface area contributed by atoms with Gasteiger partial charge < -0.3 is 9.47 Å². The van der Waals surface area contributed by atoms with Crippen molar-refractivity contribution >= 4 is 17.6 Å². The second kappa shape index (κ2) is 9.04. The summed E-state index contributed by atoms with van der Waals surface area (Å²) < 4.78 is 10.0. The van der Waals surface area contributed by atoms with Crippen LogP contribution in [0.3, 0.4) is 0 Å². The van der Waals surface area contributed by atoms with Crippen LogP contribution in [0.25, 0.3) is 16.0 Å². The lowest BCUT2D eigenvalue weighted by Gasteiger charge is -2.06. The van der Waals surface area contributed by atoms with E-state index in [1.54, 1.807) is 24.3 Å². The molecule has 0 atom stereocenters. The molecule has 0 saturated carbocycles. The van der Waals surface area contributed by atoms with E-state index in [1.807, 2.05) is 24.3 Å². The zero-order valence-corrected chi connectivity index (χ0v) is 13.6. The first-order valence-electron chi connectivity index (χ1n) is 7.70. The Balaban J connectivity index is 1.85. The number of hydrogen-bond acceptors (Lipinski definition) is 4. The Morgan fingerprint density at radius 3 is 2.20 bits per heavy atom. The molecule has 0 aromatic heterocycles. The average molecular weight is 335 g/mol. The van der Waals surface area contributed by atoms with E-state index < -0.39 is 5.97 Å². The lowest BCUT2D eigenvalue weighted by atomic mass is 10.1. The van der Waals surface area contributed by atoms with Gasteiger partial charge in [-0.3, -0.25) is 4.79 Å². The summed E-state index contributed by atoms with van der Waals surface area (Å²) >= 11 is 0. The van der Waals surface area contributed by atoms with Crippen molar-refractivity contribution in [2.24, 2.45) is 0 Å². The third kappa shape index (κ3) is 5.63. The summed E-state index contributed by atoms with van der Waals surface area (Å²) in [5.41, 5.74) is 2.54. The van der Waals surface area contributed by atoms with Gasteiger partial charge in [-0.25, -0.2) is 9.64 Å². The van der Waals surface area contributed by atoms with E-state index in [4.69, 9.17) is 16.0 Å². The Morgan fingerprint density at radius 1 is 1.04 bits per heavy atom. The summed E-state index contributed by atoms with van der Waals surface area (Å²) in [5, 5.41) is 0. The Morgan fingerprint density at radius 2 is 1.64 bits per heavy atom. The fourth-order valence-electron chi connectivity index (χ4n) is 2.07. The fraction of sp³-hybridized carbons (Fsp3) is 0.150. The summed E-state index contributed by atoms with van der Waals surface area (Å²) in [5.74, 6) is -0.438. The number of esters is 2. The van der Waals surface area contributed by atoms with Gasteiger partial charge in [-0.05, 0) is 29.7 Å². The molecule has 2 aromatic rings. The molecule has 0 radical (unpaired) electrons. The number of carbonyl (C=O) groups excluding carboxylic acids is 2. The van der Waals surface area contributed by atoms with Gasteiger partial charge in [0.25, 0.3) is 0 Å². The third-order valence-electron chi connectivity index (χ3n) is 3.35. The van der Waals surface area contributed by atoms with Crippen LogP contribution in [0.5, 0.6) is 5.75 Å². The summed E-state index contributed by atoms with van der Waals surface area (Å²) in [6.45, 7) is 10.4. The van der Waals surface area contributed by atoms with Crippen LogP contribution in [-0.2, 0) is 14.3 Å². The van der Waals surface area contributed by atoms with Crippen LogP contribution < -0.4 is 4.74 Å². The van der Waals surface area contributed by atoms with Gasteiger partial charge in [-0.15, -0.1) is 0 Å². The van der Waals surface area contributed by atoms with E-state index in [-0.39, 0.29) is 19.0 Å². The highest BCUT2D eigenvalue weighted by atomic mass is 16.5. The third-order valence-corrected chi connectivity index (χ3v) is 3.35. The minimum absolute atomic E-state index is 0.152. The van der Waals surface area contributed by atoms with Crippen LogP contribution in [0.15, 0.2) is 61.2 Å². The van der Waals surface area contributed by atoms with Crippen molar-refractivity contribution in [3.8, 4) is 16.9 Å². The van der Waals surface area contributed by atoms with Gasteiger partial charge >= 0.3 is 11.9 Å². The van der Waals surface area contributed by atoms with E-state index in [0.29, 0.717) is 17.9 Å². The maximum absolute atomic E-state index is 11.7. The second-order valence-corrected chi connectivity index (χ2v) is 5.13. The van der Waals surface area contributed by atoms with Gasteiger partial charge in [-0.1, -0.05) is 43.0 Å². The lowest BCUT2D eigenvalue weighted by Crippen LogP contribution is -2.10. The molecule has 0 unspecified atom stereocenters. The van der Waals surface area contributed by atoms with Gasteiger partial charge in [0.2, 0.25) is 0 Å². The highest BCUT2D eigenvalue weighted by Gasteiger charge is 2.06. The first-order chi connectivity index (χ1) is 12.1. The smallest absolute Gasteiger partial charge is 0.330 e. The summed E-state index contributed by atoms with van der Waals surface area (Å²) in [7, 11) is 0. The van der Waals surface area contributed by atoms with Crippen molar-refractivity contribution < 1.29 is 19.1 Å². The molecular formula is C20H17NO4. The molecule has 0 N–H and O–H groups in total. The van der Waals surface area contributed by atoms with Crippen LogP contribution in [0.1, 0.15) is 12.8 Å². The Kier molecular flexibility index (Phi) is 6.49. The van der Waals surface area contributed by atoms with E-state index >= 15 is 0 Å². The molecule has 0 aliphatic carbocycles. The monoisotopic (exact) mass is 335 g/mol. The van der Waals surface area contributed by atoms with E-state index in [0.717, 1.165) is 17.2 Å². The van der Waals surface area contributed by atoms with Crippen LogP contribution >= 0.6 is 0 Å². The standard InChI is InChI=1S/C20H17NO4/c1-3-19(22)24-14-4-5-20(23)25-18-12-8-16(9-13-18)15-6-10-17(21-2)11-7-15/h3,6-13H,1,4-5,14H2. The van der Waals surface area contributed by atoms with Crippen LogP contribution in [0.2, 0.25) is 0 Å². The maximum atomic E-state index is 11.7. The van der Waals surface area contributed by atoms with Crippen molar-refractivity contribution in [1.82, 2.24) is 0 Å². The average Bonchev–Trinajstić information content (AvgIpc) is 2.65. The zero-order valence-electron chi connectivity index (χ0n) is 13.6. The van der Waals surface area contributed by atoms with Crippen molar-refractivity contribution in [1.29, 1.82) is 0 Å². The molecule has 0 saturated heterocycles. The van der Waals surface area contributed by atoms with Crippen molar-refractivity contribution in [2.45, 2.75) is 12.8 Å².